The quantitative estimate of drug-likeness (QED) is 0.284. The van der Waals surface area contributed by atoms with Gasteiger partial charge >= 0.3 is 5.95 Å². The Morgan fingerprint density at radius 2 is 1.72 bits per heavy atom. The molecule has 3 aromatic carbocycles. The van der Waals surface area contributed by atoms with Crippen molar-refractivity contribution < 1.29 is 32.7 Å². The first-order valence-electron chi connectivity index (χ1n) is 9.60. The van der Waals surface area contributed by atoms with Crippen LogP contribution in [0.5, 0.6) is 0 Å². The Morgan fingerprint density at radius 1 is 0.966 bits per heavy atom. The molecule has 0 spiro atoms. The van der Waals surface area contributed by atoms with Crippen LogP contribution in [0.3, 0.4) is 0 Å². The van der Waals surface area contributed by atoms with E-state index in [-0.39, 0.29) is 38.2 Å². The van der Waals surface area contributed by atoms with Crippen LogP contribution in [0.15, 0.2) is 60.7 Å². The number of rotatable bonds is 2. The van der Waals surface area contributed by atoms with Gasteiger partial charge in [-0.15, -0.1) is 12.1 Å². The van der Waals surface area contributed by atoms with E-state index < -0.39 is 0 Å². The summed E-state index contributed by atoms with van der Waals surface area (Å²) in [6.07, 6.45) is 0. The summed E-state index contributed by atoms with van der Waals surface area (Å²) in [6, 6.07) is 27.4. The predicted molar refractivity (Wildman–Crippen MR) is 115 cm³/mol. The largest absolute Gasteiger partial charge is 0.404 e. The smallest absolute Gasteiger partial charge is 0.226 e. The van der Waals surface area contributed by atoms with E-state index in [9.17, 15) is 0 Å². The van der Waals surface area contributed by atoms with E-state index in [4.69, 9.17) is 4.98 Å². The molecule has 1 aliphatic rings. The molecule has 3 nitrogen and oxygen atoms in total. The average Bonchev–Trinajstić information content (AvgIpc) is 3.17. The van der Waals surface area contributed by atoms with Crippen molar-refractivity contribution in [1.82, 2.24) is 14.1 Å². The number of benzene rings is 3. The third kappa shape index (κ3) is 3.03. The van der Waals surface area contributed by atoms with Crippen molar-refractivity contribution in [3.05, 3.63) is 78.4 Å². The number of fused-ring (bicyclic) bond motifs is 3. The number of nitrogens with zero attached hydrogens (tertiary/aromatic N) is 3. The van der Waals surface area contributed by atoms with Crippen LogP contribution in [-0.2, 0) is 38.2 Å². The van der Waals surface area contributed by atoms with Gasteiger partial charge in [0.25, 0.3) is 0 Å². The summed E-state index contributed by atoms with van der Waals surface area (Å²) in [7, 11) is 0. The van der Waals surface area contributed by atoms with Gasteiger partial charge in [0.1, 0.15) is 11.1 Å². The maximum atomic E-state index is 4.99. The molecule has 1 aliphatic heterocycles. The van der Waals surface area contributed by atoms with E-state index in [2.05, 4.69) is 85.4 Å². The van der Waals surface area contributed by atoms with Gasteiger partial charge in [-0.25, -0.2) is 20.3 Å². The van der Waals surface area contributed by atoms with E-state index in [0.717, 1.165) is 28.3 Å². The van der Waals surface area contributed by atoms with E-state index >= 15 is 0 Å². The topological polar surface area (TPSA) is 20.8 Å². The van der Waals surface area contributed by atoms with Gasteiger partial charge in [-0.1, -0.05) is 29.6 Å². The third-order valence-electron chi connectivity index (χ3n) is 5.89. The van der Waals surface area contributed by atoms with Gasteiger partial charge in [-0.05, 0) is 32.9 Å². The fourth-order valence-electron chi connectivity index (χ4n) is 4.10. The summed E-state index contributed by atoms with van der Waals surface area (Å²) in [5, 5.41) is 0. The molecule has 4 heteroatoms. The minimum Gasteiger partial charge on any atom is -0.226 e. The molecule has 0 fully saturated rings. The molecule has 0 aliphatic carbocycles. The van der Waals surface area contributed by atoms with Crippen molar-refractivity contribution in [1.29, 1.82) is 0 Å². The van der Waals surface area contributed by atoms with Crippen LogP contribution in [0.25, 0.3) is 22.2 Å². The Bertz CT molecular complexity index is 1250. The summed E-state index contributed by atoms with van der Waals surface area (Å²) in [4.78, 5) is 4.99. The Kier molecular flexibility index (Phi) is 5.08. The number of aromatic nitrogens is 2. The Hall–Kier alpha value is -2.10. The second kappa shape index (κ2) is 7.30. The fraction of sp³-hybridized carbons (Fsp3) is 0.200. The molecule has 0 bridgehead atoms. The van der Waals surface area contributed by atoms with Crippen LogP contribution < -0.4 is 4.58 Å². The summed E-state index contributed by atoms with van der Waals surface area (Å²) >= 11 is 0. The molecule has 0 atom stereocenters. The molecule has 1 radical (unpaired) electrons. The molecular weight excluding hydrogens is 431 g/mol. The van der Waals surface area contributed by atoms with E-state index in [1.807, 2.05) is 24.3 Å². The third-order valence-corrected chi connectivity index (χ3v) is 5.89. The molecule has 1 aromatic heterocycles. The first kappa shape index (κ1) is 20.2. The zero-order chi connectivity index (χ0) is 19.5. The van der Waals surface area contributed by atoms with Crippen molar-refractivity contribution in [2.24, 2.45) is 0 Å². The van der Waals surface area contributed by atoms with Gasteiger partial charge < -0.3 is 0 Å². The molecule has 4 aromatic rings. The number of aryl methyl sites for hydroxylation is 1. The number of para-hydroxylation sites is 2. The summed E-state index contributed by atoms with van der Waals surface area (Å²) in [5.74, 6) is 0.973. The second-order valence-corrected chi connectivity index (χ2v) is 7.91. The molecule has 29 heavy (non-hydrogen) atoms. The zero-order valence-corrected chi connectivity index (χ0v) is 20.0. The van der Waals surface area contributed by atoms with Gasteiger partial charge in [0.2, 0.25) is 0 Å². The van der Waals surface area contributed by atoms with Crippen LogP contribution in [0.4, 0.5) is 11.6 Å². The first-order valence-corrected chi connectivity index (χ1v) is 9.60. The Labute approximate surface area is 197 Å². The SMILES string of the molecule is CC1=[N+](c2cc(-c3[c-]cccc3)[c-]cc2C)c2nc3ccccc3n2C1(C)C.[Y]. The summed E-state index contributed by atoms with van der Waals surface area (Å²) in [6.45, 7) is 8.86. The van der Waals surface area contributed by atoms with E-state index in [1.54, 1.807) is 0 Å². The number of hydrogen-bond donors (Lipinski definition) is 0. The minimum atomic E-state index is -0.156. The monoisotopic (exact) mass is 453 g/mol. The average molecular weight is 453 g/mol. The standard InChI is InChI=1S/C25H22N3.Y/c1-17-14-15-20(19-10-6-5-7-11-19)16-23(17)27-18(2)25(3,4)28-22-13-9-8-12-21(22)26-24(27)28;/h5-10,12-14,16H,1-4H3;/q-1;. The zero-order valence-electron chi connectivity index (χ0n) is 17.2. The van der Waals surface area contributed by atoms with Crippen LogP contribution in [0, 0.1) is 19.1 Å². The first-order chi connectivity index (χ1) is 13.5. The number of imidazole rings is 1. The molecular formula is C25H22N3Y-. The Morgan fingerprint density at radius 3 is 2.48 bits per heavy atom. The molecule has 141 valence electrons. The molecule has 0 unspecified atom stereocenters. The van der Waals surface area contributed by atoms with Gasteiger partial charge in [-0.3, -0.25) is 0 Å². The second-order valence-electron chi connectivity index (χ2n) is 7.91. The van der Waals surface area contributed by atoms with Gasteiger partial charge in [-0.2, -0.15) is 36.4 Å². The molecule has 5 rings (SSSR count). The molecule has 0 saturated carbocycles. The normalized spacial score (nSPS) is 14.8. The van der Waals surface area contributed by atoms with Gasteiger partial charge in [0, 0.05) is 38.4 Å². The van der Waals surface area contributed by atoms with Crippen molar-refractivity contribution >= 4 is 28.4 Å². The van der Waals surface area contributed by atoms with Crippen LogP contribution in [0.1, 0.15) is 26.3 Å². The predicted octanol–water partition coefficient (Wildman–Crippen LogP) is 5.65. The van der Waals surface area contributed by atoms with E-state index in [1.165, 1.54) is 16.8 Å². The van der Waals surface area contributed by atoms with Crippen LogP contribution in [-0.4, -0.2) is 15.3 Å². The van der Waals surface area contributed by atoms with E-state index in [0.29, 0.717) is 0 Å². The minimum absolute atomic E-state index is 0. The molecule has 2 heterocycles. The molecule has 0 amide bonds. The van der Waals surface area contributed by atoms with Crippen molar-refractivity contribution in [2.45, 2.75) is 33.2 Å². The van der Waals surface area contributed by atoms with Crippen molar-refractivity contribution in [3.63, 3.8) is 0 Å². The van der Waals surface area contributed by atoms with Gasteiger partial charge in [0.15, 0.2) is 5.52 Å². The Balaban J connectivity index is 0.00000205. The van der Waals surface area contributed by atoms with Crippen LogP contribution >= 0.6 is 0 Å². The molecule has 0 saturated heterocycles. The maximum absolute atomic E-state index is 4.99. The van der Waals surface area contributed by atoms with Gasteiger partial charge in [0.05, 0.1) is 5.71 Å². The summed E-state index contributed by atoms with van der Waals surface area (Å²) in [5.41, 5.74) is 7.71. The maximum Gasteiger partial charge on any atom is 0.404 e. The van der Waals surface area contributed by atoms with Crippen molar-refractivity contribution in [3.8, 4) is 11.1 Å². The number of hydrogen-bond acceptors (Lipinski definition) is 1. The fourth-order valence-corrected chi connectivity index (χ4v) is 4.10. The van der Waals surface area contributed by atoms with Crippen LogP contribution in [0.2, 0.25) is 0 Å². The van der Waals surface area contributed by atoms with Crippen molar-refractivity contribution in [2.75, 3.05) is 0 Å². The summed E-state index contributed by atoms with van der Waals surface area (Å²) < 4.78 is 4.65. The molecule has 0 N–H and O–H groups in total.